The van der Waals surface area contributed by atoms with Crippen LogP contribution in [0.15, 0.2) is 0 Å². The number of hydrogen-bond acceptors (Lipinski definition) is 4. The second-order valence-corrected chi connectivity index (χ2v) is 5.39. The first kappa shape index (κ1) is 15.7. The highest BCUT2D eigenvalue weighted by Crippen LogP contribution is 2.00. The van der Waals surface area contributed by atoms with E-state index in [-0.39, 0.29) is 13.1 Å². The van der Waals surface area contributed by atoms with Crippen LogP contribution in [0.1, 0.15) is 13.3 Å². The molecule has 96 valence electrons. The van der Waals surface area contributed by atoms with Gasteiger partial charge in [0, 0.05) is 33.2 Å². The predicted octanol–water partition coefficient (Wildman–Crippen LogP) is -0.535. The van der Waals surface area contributed by atoms with E-state index in [2.05, 4.69) is 4.72 Å². The summed E-state index contributed by atoms with van der Waals surface area (Å²) >= 11 is 4.72. The zero-order valence-corrected chi connectivity index (χ0v) is 11.2. The van der Waals surface area contributed by atoms with Gasteiger partial charge in [-0.1, -0.05) is 19.1 Å². The van der Waals surface area contributed by atoms with E-state index in [1.54, 1.807) is 6.92 Å². The third kappa shape index (κ3) is 6.33. The Kier molecular flexibility index (Phi) is 7.77. The number of nitrogens with two attached hydrogens (primary N) is 1. The van der Waals surface area contributed by atoms with Crippen LogP contribution in [0.4, 0.5) is 0 Å². The molecule has 0 saturated heterocycles. The van der Waals surface area contributed by atoms with Crippen molar-refractivity contribution in [3.05, 3.63) is 0 Å². The molecule has 0 saturated carbocycles. The van der Waals surface area contributed by atoms with Gasteiger partial charge in [0.05, 0.1) is 11.6 Å². The highest BCUT2D eigenvalue weighted by molar-refractivity contribution is 7.87. The van der Waals surface area contributed by atoms with E-state index < -0.39 is 10.2 Å². The molecule has 16 heavy (non-hydrogen) atoms. The molecule has 0 aliphatic heterocycles. The Bertz CT molecular complexity index is 306. The number of methoxy groups -OCH3 is 1. The van der Waals surface area contributed by atoms with Gasteiger partial charge in [0.1, 0.15) is 0 Å². The van der Waals surface area contributed by atoms with Gasteiger partial charge in [-0.15, -0.1) is 0 Å². The monoisotopic (exact) mass is 269 g/mol. The lowest BCUT2D eigenvalue weighted by Gasteiger charge is -2.21. The normalized spacial score (nSPS) is 11.9. The van der Waals surface area contributed by atoms with E-state index >= 15 is 0 Å². The summed E-state index contributed by atoms with van der Waals surface area (Å²) in [6.45, 7) is 2.96. The van der Waals surface area contributed by atoms with Gasteiger partial charge < -0.3 is 10.5 Å². The van der Waals surface area contributed by atoms with E-state index in [0.717, 1.165) is 0 Å². The molecular weight excluding hydrogens is 250 g/mol. The molecule has 0 amide bonds. The number of ether oxygens (including phenoxy) is 1. The number of hydrogen-bond donors (Lipinski definition) is 2. The summed E-state index contributed by atoms with van der Waals surface area (Å²) in [5.74, 6) is 0. The van der Waals surface area contributed by atoms with Gasteiger partial charge in [0.25, 0.3) is 10.2 Å². The lowest BCUT2D eigenvalue weighted by molar-refractivity contribution is 0.179. The molecule has 6 nitrogen and oxygen atoms in total. The quantitative estimate of drug-likeness (QED) is 0.549. The lowest BCUT2D eigenvalue weighted by atomic mass is 10.4. The molecule has 0 aromatic carbocycles. The molecule has 0 radical (unpaired) electrons. The second kappa shape index (κ2) is 7.91. The maximum atomic E-state index is 11.7. The Morgan fingerprint density at radius 1 is 1.50 bits per heavy atom. The van der Waals surface area contributed by atoms with E-state index in [1.165, 1.54) is 11.4 Å². The van der Waals surface area contributed by atoms with Gasteiger partial charge in [-0.2, -0.15) is 12.7 Å². The van der Waals surface area contributed by atoms with Gasteiger partial charge in [0.2, 0.25) is 0 Å². The Morgan fingerprint density at radius 2 is 2.12 bits per heavy atom. The summed E-state index contributed by atoms with van der Waals surface area (Å²) in [6.07, 6.45) is 0.365. The van der Waals surface area contributed by atoms with Crippen molar-refractivity contribution in [1.29, 1.82) is 0 Å². The van der Waals surface area contributed by atoms with E-state index in [9.17, 15) is 8.42 Å². The van der Waals surface area contributed by atoms with Crippen LogP contribution >= 0.6 is 12.2 Å². The fourth-order valence-electron chi connectivity index (χ4n) is 1.05. The maximum Gasteiger partial charge on any atom is 0.279 e. The standard InChI is InChI=1S/C8H19N3O3S2/c1-3-10-16(12,13)11(6-7-14-2)5-4-8(9)15/h10H,3-7H2,1-2H3,(H2,9,15). The first-order chi connectivity index (χ1) is 7.44. The van der Waals surface area contributed by atoms with Crippen LogP contribution < -0.4 is 10.5 Å². The summed E-state index contributed by atoms with van der Waals surface area (Å²) in [5, 5.41) is 0. The second-order valence-electron chi connectivity index (χ2n) is 3.11. The summed E-state index contributed by atoms with van der Waals surface area (Å²) in [4.78, 5) is 0.300. The zero-order valence-electron chi connectivity index (χ0n) is 9.60. The van der Waals surface area contributed by atoms with Crippen LogP contribution in [-0.4, -0.2) is 51.1 Å². The van der Waals surface area contributed by atoms with Gasteiger partial charge >= 0.3 is 0 Å². The molecule has 0 rings (SSSR count). The molecule has 0 aromatic rings. The van der Waals surface area contributed by atoms with Crippen molar-refractivity contribution in [2.45, 2.75) is 13.3 Å². The van der Waals surface area contributed by atoms with Crippen LogP contribution in [0.3, 0.4) is 0 Å². The Morgan fingerprint density at radius 3 is 2.56 bits per heavy atom. The summed E-state index contributed by atoms with van der Waals surface area (Å²) in [6, 6.07) is 0. The molecule has 0 fully saturated rings. The molecule has 0 bridgehead atoms. The number of nitrogens with one attached hydrogen (secondary N) is 1. The van der Waals surface area contributed by atoms with Crippen molar-refractivity contribution in [3.8, 4) is 0 Å². The van der Waals surface area contributed by atoms with Gasteiger partial charge in [-0.3, -0.25) is 0 Å². The van der Waals surface area contributed by atoms with E-state index in [0.29, 0.717) is 24.6 Å². The number of thiocarbonyl (C=S) groups is 1. The van der Waals surface area contributed by atoms with Gasteiger partial charge in [-0.25, -0.2) is 4.72 Å². The number of rotatable bonds is 9. The van der Waals surface area contributed by atoms with Crippen LogP contribution in [0.25, 0.3) is 0 Å². The van der Waals surface area contributed by atoms with E-state index in [4.69, 9.17) is 22.7 Å². The van der Waals surface area contributed by atoms with Crippen molar-refractivity contribution in [2.75, 3.05) is 33.4 Å². The maximum absolute atomic E-state index is 11.7. The molecule has 0 spiro atoms. The molecule has 0 heterocycles. The number of nitrogens with zero attached hydrogens (tertiary/aromatic N) is 1. The average molecular weight is 269 g/mol. The molecule has 3 N–H and O–H groups in total. The van der Waals surface area contributed by atoms with E-state index in [1.807, 2.05) is 0 Å². The fourth-order valence-corrected chi connectivity index (χ4v) is 2.34. The van der Waals surface area contributed by atoms with Crippen LogP contribution in [0, 0.1) is 0 Å². The first-order valence-electron chi connectivity index (χ1n) is 4.96. The first-order valence-corrected chi connectivity index (χ1v) is 6.80. The summed E-state index contributed by atoms with van der Waals surface area (Å²) in [7, 11) is -1.93. The summed E-state index contributed by atoms with van der Waals surface area (Å²) < 4.78 is 32.0. The van der Waals surface area contributed by atoms with Crippen LogP contribution in [-0.2, 0) is 14.9 Å². The molecule has 0 aliphatic rings. The summed E-state index contributed by atoms with van der Waals surface area (Å²) in [5.41, 5.74) is 5.34. The molecule has 0 unspecified atom stereocenters. The molecule has 0 atom stereocenters. The zero-order chi connectivity index (χ0) is 12.6. The predicted molar refractivity (Wildman–Crippen MR) is 67.4 cm³/mol. The lowest BCUT2D eigenvalue weighted by Crippen LogP contribution is -2.43. The topological polar surface area (TPSA) is 84.7 Å². The van der Waals surface area contributed by atoms with Crippen LogP contribution in [0.2, 0.25) is 0 Å². The van der Waals surface area contributed by atoms with Crippen molar-refractivity contribution >= 4 is 27.4 Å². The minimum Gasteiger partial charge on any atom is -0.393 e. The highest BCUT2D eigenvalue weighted by atomic mass is 32.2. The molecule has 0 aliphatic carbocycles. The molecule has 8 heteroatoms. The molecular formula is C8H19N3O3S2. The van der Waals surface area contributed by atoms with Crippen molar-refractivity contribution in [3.63, 3.8) is 0 Å². The fraction of sp³-hybridized carbons (Fsp3) is 0.875. The largest absolute Gasteiger partial charge is 0.393 e. The third-order valence-corrected chi connectivity index (χ3v) is 3.72. The van der Waals surface area contributed by atoms with Gasteiger partial charge in [-0.05, 0) is 0 Å². The van der Waals surface area contributed by atoms with Crippen molar-refractivity contribution < 1.29 is 13.2 Å². The van der Waals surface area contributed by atoms with Gasteiger partial charge in [0.15, 0.2) is 0 Å². The SMILES string of the molecule is CCNS(=O)(=O)N(CCOC)CCC(N)=S. The minimum absolute atomic E-state index is 0.272. The van der Waals surface area contributed by atoms with Crippen molar-refractivity contribution in [2.24, 2.45) is 5.73 Å². The van der Waals surface area contributed by atoms with Crippen molar-refractivity contribution in [1.82, 2.24) is 9.03 Å². The Balaban J connectivity index is 4.45. The molecule has 0 aromatic heterocycles. The third-order valence-electron chi connectivity index (χ3n) is 1.82. The smallest absolute Gasteiger partial charge is 0.279 e. The Hall–Kier alpha value is -0.280. The average Bonchev–Trinajstić information content (AvgIpc) is 2.16. The minimum atomic E-state index is -3.45. The highest BCUT2D eigenvalue weighted by Gasteiger charge is 2.20. The van der Waals surface area contributed by atoms with Crippen LogP contribution in [0.5, 0.6) is 0 Å². The Labute approximate surface area is 102 Å².